The second kappa shape index (κ2) is 6.62. The molecular formula is C27H16O3S. The van der Waals surface area contributed by atoms with Crippen molar-refractivity contribution in [2.75, 3.05) is 0 Å². The third-order valence-electron chi connectivity index (χ3n) is 5.71. The summed E-state index contributed by atoms with van der Waals surface area (Å²) in [6, 6.07) is 23.5. The SMILES string of the molecule is Cc1ccc(-c2cc3sc(C=C4C(=O)c5cc6ccccc6cc5C4=O)cc3o2)cc1. The van der Waals surface area contributed by atoms with Gasteiger partial charge in [0.1, 0.15) is 11.3 Å². The Kier molecular flexibility index (Phi) is 3.86. The summed E-state index contributed by atoms with van der Waals surface area (Å²) in [6.45, 7) is 2.05. The van der Waals surface area contributed by atoms with Crippen molar-refractivity contribution in [3.8, 4) is 11.3 Å². The highest BCUT2D eigenvalue weighted by Gasteiger charge is 2.33. The molecule has 2 heterocycles. The number of carbonyl (C=O) groups is 2. The van der Waals surface area contributed by atoms with E-state index in [4.69, 9.17) is 4.42 Å². The highest BCUT2D eigenvalue weighted by Crippen LogP contribution is 2.37. The molecule has 3 nitrogen and oxygen atoms in total. The normalized spacial score (nSPS) is 13.4. The van der Waals surface area contributed by atoms with Crippen LogP contribution in [-0.4, -0.2) is 11.6 Å². The van der Waals surface area contributed by atoms with E-state index in [1.165, 1.54) is 16.9 Å². The molecule has 3 aromatic carbocycles. The summed E-state index contributed by atoms with van der Waals surface area (Å²) in [5, 5.41) is 1.92. The molecule has 5 aromatic rings. The molecule has 0 N–H and O–H groups in total. The summed E-state index contributed by atoms with van der Waals surface area (Å²) in [6.07, 6.45) is 1.70. The molecule has 0 radical (unpaired) electrons. The van der Waals surface area contributed by atoms with E-state index in [2.05, 4.69) is 19.1 Å². The molecule has 0 saturated carbocycles. The standard InChI is InChI=1S/C27H16O3S/c1-15-6-8-16(9-7-15)23-14-25-24(30-23)13-19(31-25)12-22-26(28)20-10-17-4-2-3-5-18(17)11-21(20)27(22)29/h2-14H,1H3. The number of ketones is 2. The van der Waals surface area contributed by atoms with E-state index in [1.54, 1.807) is 6.08 Å². The Bertz CT molecular complexity index is 1470. The molecule has 0 aliphatic heterocycles. The van der Waals surface area contributed by atoms with Crippen LogP contribution < -0.4 is 0 Å². The third kappa shape index (κ3) is 2.87. The lowest BCUT2D eigenvalue weighted by atomic mass is 10.0. The van der Waals surface area contributed by atoms with Crippen LogP contribution in [0.25, 0.3) is 38.5 Å². The Balaban J connectivity index is 1.38. The first kappa shape index (κ1) is 18.0. The third-order valence-corrected chi connectivity index (χ3v) is 6.72. The largest absolute Gasteiger partial charge is 0.455 e. The second-order valence-electron chi connectivity index (χ2n) is 7.82. The van der Waals surface area contributed by atoms with Crippen LogP contribution in [0.15, 0.2) is 82.8 Å². The maximum Gasteiger partial charge on any atom is 0.197 e. The molecule has 0 unspecified atom stereocenters. The van der Waals surface area contributed by atoms with E-state index in [1.807, 2.05) is 60.7 Å². The summed E-state index contributed by atoms with van der Waals surface area (Å²) in [4.78, 5) is 26.8. The molecule has 0 atom stereocenters. The highest BCUT2D eigenvalue weighted by atomic mass is 32.1. The zero-order valence-electron chi connectivity index (χ0n) is 16.6. The minimum absolute atomic E-state index is 0.212. The van der Waals surface area contributed by atoms with Gasteiger partial charge >= 0.3 is 0 Å². The summed E-state index contributed by atoms with van der Waals surface area (Å²) in [5.41, 5.74) is 4.17. The Morgan fingerprint density at radius 2 is 1.45 bits per heavy atom. The van der Waals surface area contributed by atoms with Crippen molar-refractivity contribution in [1.82, 2.24) is 0 Å². The molecule has 0 spiro atoms. The maximum atomic E-state index is 13.0. The number of allylic oxidation sites excluding steroid dienone is 1. The van der Waals surface area contributed by atoms with Crippen LogP contribution in [0, 0.1) is 6.92 Å². The van der Waals surface area contributed by atoms with E-state index in [-0.39, 0.29) is 17.1 Å². The van der Waals surface area contributed by atoms with Gasteiger partial charge in [0, 0.05) is 27.6 Å². The first-order chi connectivity index (χ1) is 15.1. The molecule has 1 aliphatic carbocycles. The minimum atomic E-state index is -0.212. The lowest BCUT2D eigenvalue weighted by Crippen LogP contribution is -1.99. The van der Waals surface area contributed by atoms with Crippen molar-refractivity contribution in [2.24, 2.45) is 0 Å². The van der Waals surface area contributed by atoms with Crippen LogP contribution in [0.4, 0.5) is 0 Å². The molecule has 0 fully saturated rings. The average molecular weight is 420 g/mol. The van der Waals surface area contributed by atoms with Gasteiger partial charge in [0.2, 0.25) is 0 Å². The predicted octanol–water partition coefficient (Wildman–Crippen LogP) is 7.09. The maximum absolute atomic E-state index is 13.0. The van der Waals surface area contributed by atoms with E-state index < -0.39 is 0 Å². The molecule has 0 bridgehead atoms. The number of hydrogen-bond acceptors (Lipinski definition) is 4. The predicted molar refractivity (Wildman–Crippen MR) is 125 cm³/mol. The van der Waals surface area contributed by atoms with Crippen LogP contribution in [0.3, 0.4) is 0 Å². The molecule has 4 heteroatoms. The van der Waals surface area contributed by atoms with Crippen LogP contribution in [0.5, 0.6) is 0 Å². The van der Waals surface area contributed by atoms with Gasteiger partial charge in [0.25, 0.3) is 0 Å². The quantitative estimate of drug-likeness (QED) is 0.226. The summed E-state index contributed by atoms with van der Waals surface area (Å²) in [7, 11) is 0. The number of fused-ring (bicyclic) bond motifs is 3. The van der Waals surface area contributed by atoms with Gasteiger partial charge in [-0.25, -0.2) is 0 Å². The van der Waals surface area contributed by atoms with Gasteiger partial charge in [0.15, 0.2) is 11.6 Å². The van der Waals surface area contributed by atoms with Gasteiger partial charge in [-0.15, -0.1) is 11.3 Å². The number of hydrogen-bond donors (Lipinski definition) is 0. The average Bonchev–Trinajstić information content (AvgIpc) is 3.40. The molecule has 0 saturated heterocycles. The van der Waals surface area contributed by atoms with Gasteiger partial charge in [-0.2, -0.15) is 0 Å². The van der Waals surface area contributed by atoms with E-state index in [0.717, 1.165) is 37.3 Å². The summed E-state index contributed by atoms with van der Waals surface area (Å²) >= 11 is 1.51. The van der Waals surface area contributed by atoms with E-state index in [9.17, 15) is 9.59 Å². The highest BCUT2D eigenvalue weighted by molar-refractivity contribution is 7.19. The topological polar surface area (TPSA) is 47.3 Å². The smallest absolute Gasteiger partial charge is 0.197 e. The lowest BCUT2D eigenvalue weighted by Gasteiger charge is -2.00. The van der Waals surface area contributed by atoms with Crippen molar-refractivity contribution in [3.63, 3.8) is 0 Å². The van der Waals surface area contributed by atoms with Gasteiger partial charge in [-0.3, -0.25) is 9.59 Å². The number of aryl methyl sites for hydroxylation is 1. The van der Waals surface area contributed by atoms with Crippen LogP contribution in [0.2, 0.25) is 0 Å². The second-order valence-corrected chi connectivity index (χ2v) is 8.93. The molecule has 148 valence electrons. The van der Waals surface area contributed by atoms with Crippen LogP contribution in [-0.2, 0) is 0 Å². The fraction of sp³-hybridized carbons (Fsp3) is 0.0370. The van der Waals surface area contributed by atoms with Gasteiger partial charge in [0.05, 0.1) is 10.3 Å². The number of furan rings is 1. The zero-order chi connectivity index (χ0) is 21.1. The molecule has 1 aliphatic rings. The Morgan fingerprint density at radius 1 is 0.806 bits per heavy atom. The van der Waals surface area contributed by atoms with Crippen molar-refractivity contribution in [2.45, 2.75) is 6.92 Å². The number of Topliss-reactive ketones (excluding diaryl/α,β-unsaturated/α-hetero) is 2. The Labute approximate surface area is 182 Å². The molecular weight excluding hydrogens is 404 g/mol. The lowest BCUT2D eigenvalue weighted by molar-refractivity contribution is 0.0990. The van der Waals surface area contributed by atoms with Crippen LogP contribution >= 0.6 is 11.3 Å². The van der Waals surface area contributed by atoms with Gasteiger partial charge < -0.3 is 4.42 Å². The van der Waals surface area contributed by atoms with Crippen LogP contribution in [0.1, 0.15) is 31.2 Å². The van der Waals surface area contributed by atoms with Crippen molar-refractivity contribution in [1.29, 1.82) is 0 Å². The van der Waals surface area contributed by atoms with Crippen molar-refractivity contribution in [3.05, 3.63) is 99.9 Å². The molecule has 0 amide bonds. The summed E-state index contributed by atoms with van der Waals surface area (Å²) in [5.74, 6) is 0.389. The fourth-order valence-corrected chi connectivity index (χ4v) is 5.03. The monoisotopic (exact) mass is 420 g/mol. The van der Waals surface area contributed by atoms with Crippen molar-refractivity contribution >= 4 is 50.0 Å². The fourth-order valence-electron chi connectivity index (χ4n) is 4.07. The molecule has 31 heavy (non-hydrogen) atoms. The molecule has 2 aromatic heterocycles. The van der Waals surface area contributed by atoms with Crippen molar-refractivity contribution < 1.29 is 14.0 Å². The molecule has 6 rings (SSSR count). The first-order valence-corrected chi connectivity index (χ1v) is 10.8. The number of rotatable bonds is 2. The first-order valence-electron chi connectivity index (χ1n) is 10.0. The number of thiophene rings is 1. The number of benzene rings is 3. The Hall–Kier alpha value is -3.76. The van der Waals surface area contributed by atoms with Gasteiger partial charge in [-0.05, 0) is 42.0 Å². The Morgan fingerprint density at radius 3 is 2.06 bits per heavy atom. The van der Waals surface area contributed by atoms with Gasteiger partial charge in [-0.1, -0.05) is 54.1 Å². The minimum Gasteiger partial charge on any atom is -0.455 e. The van der Waals surface area contributed by atoms with E-state index >= 15 is 0 Å². The van der Waals surface area contributed by atoms with E-state index in [0.29, 0.717) is 11.1 Å². The summed E-state index contributed by atoms with van der Waals surface area (Å²) < 4.78 is 7.01. The zero-order valence-corrected chi connectivity index (χ0v) is 17.5. The number of carbonyl (C=O) groups excluding carboxylic acids is 2.